The Balaban J connectivity index is 1.98. The molecule has 0 aliphatic rings. The highest BCUT2D eigenvalue weighted by atomic mass is 16.5. The van der Waals surface area contributed by atoms with Crippen molar-refractivity contribution in [2.24, 2.45) is 0 Å². The lowest BCUT2D eigenvalue weighted by atomic mass is 10.1. The number of hydrogen-bond donors (Lipinski definition) is 1. The molecule has 0 radical (unpaired) electrons. The van der Waals surface area contributed by atoms with Crippen LogP contribution in [-0.4, -0.2) is 17.5 Å². The molecule has 2 rings (SSSR count). The Bertz CT molecular complexity index is 666. The van der Waals surface area contributed by atoms with Crippen molar-refractivity contribution < 1.29 is 9.53 Å². The first kappa shape index (κ1) is 15.0. The second-order valence-electron chi connectivity index (χ2n) is 5.21. The van der Waals surface area contributed by atoms with Crippen LogP contribution < -0.4 is 10.1 Å². The summed E-state index contributed by atoms with van der Waals surface area (Å²) < 4.78 is 5.62. The molecular formula is C17H20N2O2. The van der Waals surface area contributed by atoms with Gasteiger partial charge in [-0.15, -0.1) is 0 Å². The Morgan fingerprint density at radius 1 is 1.19 bits per heavy atom. The lowest BCUT2D eigenvalue weighted by molar-refractivity contribution is -0.118. The lowest BCUT2D eigenvalue weighted by Crippen LogP contribution is -2.21. The van der Waals surface area contributed by atoms with Crippen molar-refractivity contribution in [1.82, 2.24) is 4.98 Å². The number of hydrogen-bond acceptors (Lipinski definition) is 3. The highest BCUT2D eigenvalue weighted by Gasteiger charge is 2.08. The molecule has 0 unspecified atom stereocenters. The van der Waals surface area contributed by atoms with E-state index in [1.54, 1.807) is 6.07 Å². The maximum absolute atomic E-state index is 11.9. The Kier molecular flexibility index (Phi) is 4.58. The molecule has 0 aliphatic carbocycles. The molecule has 0 spiro atoms. The number of carbonyl (C=O) groups is 1. The first-order valence-electron chi connectivity index (χ1n) is 6.90. The van der Waals surface area contributed by atoms with Gasteiger partial charge in [0.05, 0.1) is 0 Å². The number of aromatic nitrogens is 1. The van der Waals surface area contributed by atoms with E-state index in [-0.39, 0.29) is 12.5 Å². The van der Waals surface area contributed by atoms with Crippen molar-refractivity contribution in [3.05, 3.63) is 52.7 Å². The van der Waals surface area contributed by atoms with Gasteiger partial charge < -0.3 is 10.1 Å². The van der Waals surface area contributed by atoms with E-state index >= 15 is 0 Å². The molecule has 0 fully saturated rings. The zero-order valence-corrected chi connectivity index (χ0v) is 12.9. The predicted molar refractivity (Wildman–Crippen MR) is 83.8 cm³/mol. The summed E-state index contributed by atoms with van der Waals surface area (Å²) in [6.45, 7) is 7.89. The molecule has 21 heavy (non-hydrogen) atoms. The minimum absolute atomic E-state index is 0.0284. The third kappa shape index (κ3) is 4.05. The van der Waals surface area contributed by atoms with Gasteiger partial charge in [-0.3, -0.25) is 4.79 Å². The molecule has 4 nitrogen and oxygen atoms in total. The second kappa shape index (κ2) is 6.39. The van der Waals surface area contributed by atoms with E-state index in [9.17, 15) is 4.79 Å². The molecule has 1 aromatic carbocycles. The van der Waals surface area contributed by atoms with Crippen LogP contribution in [0.2, 0.25) is 0 Å². The third-order valence-electron chi connectivity index (χ3n) is 3.28. The quantitative estimate of drug-likeness (QED) is 0.937. The van der Waals surface area contributed by atoms with Gasteiger partial charge in [0.1, 0.15) is 11.6 Å². The largest absolute Gasteiger partial charge is 0.483 e. The Morgan fingerprint density at radius 2 is 1.95 bits per heavy atom. The molecule has 0 atom stereocenters. The van der Waals surface area contributed by atoms with Crippen LogP contribution in [0.15, 0.2) is 30.3 Å². The normalized spacial score (nSPS) is 10.3. The number of pyridine rings is 1. The van der Waals surface area contributed by atoms with Crippen molar-refractivity contribution >= 4 is 11.7 Å². The lowest BCUT2D eigenvalue weighted by Gasteiger charge is -2.12. The van der Waals surface area contributed by atoms with Gasteiger partial charge in [0.25, 0.3) is 5.91 Å². The molecule has 0 aliphatic heterocycles. The Labute approximate surface area is 125 Å². The molecule has 1 aromatic heterocycles. The summed E-state index contributed by atoms with van der Waals surface area (Å²) in [5, 5.41) is 2.73. The number of nitrogens with zero attached hydrogens (tertiary/aromatic N) is 1. The zero-order chi connectivity index (χ0) is 15.4. The maximum atomic E-state index is 11.9. The van der Waals surface area contributed by atoms with Gasteiger partial charge in [0, 0.05) is 5.69 Å². The van der Waals surface area contributed by atoms with Crippen molar-refractivity contribution in [3.8, 4) is 5.75 Å². The zero-order valence-electron chi connectivity index (χ0n) is 12.9. The van der Waals surface area contributed by atoms with E-state index in [1.807, 2.05) is 45.9 Å². The molecule has 0 bridgehead atoms. The fourth-order valence-electron chi connectivity index (χ4n) is 2.09. The molecule has 0 saturated heterocycles. The summed E-state index contributed by atoms with van der Waals surface area (Å²) in [4.78, 5) is 16.1. The summed E-state index contributed by atoms with van der Waals surface area (Å²) >= 11 is 0. The van der Waals surface area contributed by atoms with Crippen LogP contribution in [0.1, 0.15) is 22.4 Å². The number of amides is 1. The van der Waals surface area contributed by atoms with Gasteiger partial charge in [-0.2, -0.15) is 0 Å². The average Bonchev–Trinajstić information content (AvgIpc) is 2.41. The molecule has 1 amide bonds. The Morgan fingerprint density at radius 3 is 2.67 bits per heavy atom. The standard InChI is InChI=1S/C17H20N2O2/c1-11-8-12(2)14(4)15(9-11)21-10-17(20)19-16-7-5-6-13(3)18-16/h5-9H,10H2,1-4H3,(H,18,19,20). The molecule has 1 N–H and O–H groups in total. The summed E-state index contributed by atoms with van der Waals surface area (Å²) in [6.07, 6.45) is 0. The maximum Gasteiger partial charge on any atom is 0.263 e. The number of nitrogens with one attached hydrogen (secondary N) is 1. The number of ether oxygens (including phenoxy) is 1. The smallest absolute Gasteiger partial charge is 0.263 e. The molecule has 1 heterocycles. The van der Waals surface area contributed by atoms with E-state index in [4.69, 9.17) is 4.74 Å². The molecular weight excluding hydrogens is 264 g/mol. The first-order valence-corrected chi connectivity index (χ1v) is 6.90. The van der Waals surface area contributed by atoms with Crippen molar-refractivity contribution in [3.63, 3.8) is 0 Å². The second-order valence-corrected chi connectivity index (χ2v) is 5.21. The van der Waals surface area contributed by atoms with Crippen LogP contribution >= 0.6 is 0 Å². The van der Waals surface area contributed by atoms with E-state index in [1.165, 1.54) is 0 Å². The highest BCUT2D eigenvalue weighted by molar-refractivity contribution is 5.90. The van der Waals surface area contributed by atoms with Crippen molar-refractivity contribution in [2.75, 3.05) is 11.9 Å². The van der Waals surface area contributed by atoms with Gasteiger partial charge in [-0.05, 0) is 62.6 Å². The number of benzene rings is 1. The first-order chi connectivity index (χ1) is 9.95. The van der Waals surface area contributed by atoms with Crippen LogP contribution in [0.25, 0.3) is 0 Å². The number of anilines is 1. The highest BCUT2D eigenvalue weighted by Crippen LogP contribution is 2.23. The van der Waals surface area contributed by atoms with Gasteiger partial charge >= 0.3 is 0 Å². The summed E-state index contributed by atoms with van der Waals surface area (Å²) in [6, 6.07) is 9.53. The monoisotopic (exact) mass is 284 g/mol. The van der Waals surface area contributed by atoms with Gasteiger partial charge in [0.15, 0.2) is 6.61 Å². The SMILES string of the molecule is Cc1cc(C)c(C)c(OCC(=O)Nc2cccc(C)n2)c1. The number of carbonyl (C=O) groups excluding carboxylic acids is 1. The van der Waals surface area contributed by atoms with E-state index in [0.29, 0.717) is 5.82 Å². The van der Waals surface area contributed by atoms with Crippen LogP contribution in [0.5, 0.6) is 5.75 Å². The van der Waals surface area contributed by atoms with E-state index in [0.717, 1.165) is 28.1 Å². The molecule has 0 saturated carbocycles. The fraction of sp³-hybridized carbons (Fsp3) is 0.294. The molecule has 110 valence electrons. The van der Waals surface area contributed by atoms with Gasteiger partial charge in [0.2, 0.25) is 0 Å². The van der Waals surface area contributed by atoms with Crippen LogP contribution in [0.3, 0.4) is 0 Å². The summed E-state index contributed by atoms with van der Waals surface area (Å²) in [5.74, 6) is 1.08. The minimum Gasteiger partial charge on any atom is -0.483 e. The van der Waals surface area contributed by atoms with E-state index < -0.39 is 0 Å². The van der Waals surface area contributed by atoms with Gasteiger partial charge in [-0.1, -0.05) is 12.1 Å². The average molecular weight is 284 g/mol. The number of aryl methyl sites for hydroxylation is 3. The van der Waals surface area contributed by atoms with Crippen molar-refractivity contribution in [2.45, 2.75) is 27.7 Å². The topological polar surface area (TPSA) is 51.2 Å². The van der Waals surface area contributed by atoms with Crippen LogP contribution in [0, 0.1) is 27.7 Å². The number of rotatable bonds is 4. The van der Waals surface area contributed by atoms with Crippen molar-refractivity contribution in [1.29, 1.82) is 0 Å². The predicted octanol–water partition coefficient (Wildman–Crippen LogP) is 3.33. The Hall–Kier alpha value is -2.36. The van der Waals surface area contributed by atoms with Crippen LogP contribution in [-0.2, 0) is 4.79 Å². The summed E-state index contributed by atoms with van der Waals surface area (Å²) in [5.41, 5.74) is 4.19. The van der Waals surface area contributed by atoms with Gasteiger partial charge in [-0.25, -0.2) is 4.98 Å². The van der Waals surface area contributed by atoms with Crippen LogP contribution in [0.4, 0.5) is 5.82 Å². The van der Waals surface area contributed by atoms with E-state index in [2.05, 4.69) is 16.4 Å². The fourth-order valence-corrected chi connectivity index (χ4v) is 2.09. The summed E-state index contributed by atoms with van der Waals surface area (Å²) in [7, 11) is 0. The molecule has 2 aromatic rings. The minimum atomic E-state index is -0.216. The molecule has 4 heteroatoms. The third-order valence-corrected chi connectivity index (χ3v) is 3.28.